The van der Waals surface area contributed by atoms with Crippen molar-refractivity contribution in [2.24, 2.45) is 23.5 Å². The standard InChI is InChI=1S/C16H23NO3/c1-18-12-8-7-11(15(19-2)16(12)20-3)14(17)13-9-5-4-6-10(9)13/h7-10,13-14H,4-6,17H2,1-3H3. The number of benzene rings is 1. The Morgan fingerprint density at radius 1 is 1.00 bits per heavy atom. The summed E-state index contributed by atoms with van der Waals surface area (Å²) in [7, 11) is 4.91. The van der Waals surface area contributed by atoms with Gasteiger partial charge in [-0.25, -0.2) is 0 Å². The summed E-state index contributed by atoms with van der Waals surface area (Å²) in [6.45, 7) is 0. The smallest absolute Gasteiger partial charge is 0.203 e. The van der Waals surface area contributed by atoms with Crippen LogP contribution in [0.3, 0.4) is 0 Å². The molecule has 0 bridgehead atoms. The average molecular weight is 277 g/mol. The van der Waals surface area contributed by atoms with Gasteiger partial charge >= 0.3 is 0 Å². The second-order valence-electron chi connectivity index (χ2n) is 5.79. The molecule has 3 unspecified atom stereocenters. The van der Waals surface area contributed by atoms with Crippen LogP contribution in [-0.4, -0.2) is 21.3 Å². The van der Waals surface area contributed by atoms with Gasteiger partial charge in [0.2, 0.25) is 5.75 Å². The van der Waals surface area contributed by atoms with Crippen LogP contribution < -0.4 is 19.9 Å². The fourth-order valence-electron chi connectivity index (χ4n) is 4.00. The molecular weight excluding hydrogens is 254 g/mol. The third-order valence-electron chi connectivity index (χ3n) is 4.98. The van der Waals surface area contributed by atoms with Crippen LogP contribution >= 0.6 is 0 Å². The molecule has 0 aromatic heterocycles. The Morgan fingerprint density at radius 3 is 2.20 bits per heavy atom. The van der Waals surface area contributed by atoms with E-state index in [1.165, 1.54) is 19.3 Å². The molecule has 20 heavy (non-hydrogen) atoms. The molecule has 0 heterocycles. The third kappa shape index (κ3) is 1.94. The SMILES string of the molecule is COc1ccc(C(N)C2C3CCCC32)c(OC)c1OC. The van der Waals surface area contributed by atoms with E-state index < -0.39 is 0 Å². The van der Waals surface area contributed by atoms with E-state index >= 15 is 0 Å². The van der Waals surface area contributed by atoms with Gasteiger partial charge < -0.3 is 19.9 Å². The van der Waals surface area contributed by atoms with Gasteiger partial charge in [-0.05, 0) is 42.7 Å². The van der Waals surface area contributed by atoms with E-state index in [-0.39, 0.29) is 6.04 Å². The first-order valence-electron chi connectivity index (χ1n) is 7.27. The normalized spacial score (nSPS) is 28.7. The van der Waals surface area contributed by atoms with Crippen molar-refractivity contribution in [2.45, 2.75) is 25.3 Å². The molecule has 0 aliphatic heterocycles. The molecule has 4 heteroatoms. The fourth-order valence-corrected chi connectivity index (χ4v) is 4.00. The minimum absolute atomic E-state index is 0.0278. The Hall–Kier alpha value is -1.42. The number of methoxy groups -OCH3 is 3. The van der Waals surface area contributed by atoms with Gasteiger partial charge in [0.05, 0.1) is 21.3 Å². The Morgan fingerprint density at radius 2 is 1.65 bits per heavy atom. The molecule has 0 spiro atoms. The lowest BCUT2D eigenvalue weighted by molar-refractivity contribution is 0.319. The molecule has 1 aromatic carbocycles. The van der Waals surface area contributed by atoms with E-state index in [4.69, 9.17) is 19.9 Å². The summed E-state index contributed by atoms with van der Waals surface area (Å²) in [6, 6.07) is 3.95. The molecular formula is C16H23NO3. The molecule has 2 N–H and O–H groups in total. The van der Waals surface area contributed by atoms with Gasteiger partial charge in [0.1, 0.15) is 0 Å². The first-order valence-corrected chi connectivity index (χ1v) is 7.27. The quantitative estimate of drug-likeness (QED) is 0.899. The zero-order valence-electron chi connectivity index (χ0n) is 12.4. The van der Waals surface area contributed by atoms with Crippen molar-refractivity contribution in [3.8, 4) is 17.2 Å². The fraction of sp³-hybridized carbons (Fsp3) is 0.625. The molecule has 3 rings (SSSR count). The summed E-state index contributed by atoms with van der Waals surface area (Å²) in [5, 5.41) is 0. The van der Waals surface area contributed by atoms with Crippen molar-refractivity contribution in [2.75, 3.05) is 21.3 Å². The molecule has 2 aliphatic carbocycles. The highest BCUT2D eigenvalue weighted by molar-refractivity contribution is 5.57. The first-order chi connectivity index (χ1) is 9.72. The van der Waals surface area contributed by atoms with Crippen LogP contribution in [0.25, 0.3) is 0 Å². The number of rotatable bonds is 5. The van der Waals surface area contributed by atoms with Gasteiger partial charge in [-0.15, -0.1) is 0 Å². The van der Waals surface area contributed by atoms with Crippen LogP contribution in [0.5, 0.6) is 17.2 Å². The van der Waals surface area contributed by atoms with Crippen LogP contribution in [0.1, 0.15) is 30.9 Å². The molecule has 2 saturated carbocycles. The Bertz CT molecular complexity index is 493. The predicted octanol–water partition coefficient (Wildman–Crippen LogP) is 2.76. The summed E-state index contributed by atoms with van der Waals surface area (Å²) in [5.41, 5.74) is 7.54. The van der Waals surface area contributed by atoms with Crippen LogP contribution in [0, 0.1) is 17.8 Å². The zero-order chi connectivity index (χ0) is 14.3. The molecule has 2 aliphatic rings. The second-order valence-corrected chi connectivity index (χ2v) is 5.79. The van der Waals surface area contributed by atoms with Crippen molar-refractivity contribution in [3.05, 3.63) is 17.7 Å². The number of ether oxygens (including phenoxy) is 3. The van der Waals surface area contributed by atoms with Crippen molar-refractivity contribution in [3.63, 3.8) is 0 Å². The Kier molecular flexibility index (Phi) is 3.50. The summed E-state index contributed by atoms with van der Waals surface area (Å²) < 4.78 is 16.3. The highest BCUT2D eigenvalue weighted by Crippen LogP contribution is 2.62. The minimum atomic E-state index is 0.0278. The maximum absolute atomic E-state index is 6.51. The van der Waals surface area contributed by atoms with Crippen LogP contribution in [0.4, 0.5) is 0 Å². The monoisotopic (exact) mass is 277 g/mol. The lowest BCUT2D eigenvalue weighted by atomic mass is 9.96. The first kappa shape index (κ1) is 13.6. The summed E-state index contributed by atoms with van der Waals surface area (Å²) in [4.78, 5) is 0. The molecule has 0 radical (unpaired) electrons. The van der Waals surface area contributed by atoms with E-state index in [9.17, 15) is 0 Å². The molecule has 0 amide bonds. The zero-order valence-corrected chi connectivity index (χ0v) is 12.4. The van der Waals surface area contributed by atoms with Crippen molar-refractivity contribution in [1.29, 1.82) is 0 Å². The van der Waals surface area contributed by atoms with E-state index in [1.54, 1.807) is 21.3 Å². The topological polar surface area (TPSA) is 53.7 Å². The van der Waals surface area contributed by atoms with Crippen LogP contribution in [0.2, 0.25) is 0 Å². The number of fused-ring (bicyclic) bond motifs is 1. The van der Waals surface area contributed by atoms with E-state index in [0.29, 0.717) is 23.2 Å². The van der Waals surface area contributed by atoms with Crippen molar-refractivity contribution >= 4 is 0 Å². The van der Waals surface area contributed by atoms with Crippen molar-refractivity contribution in [1.82, 2.24) is 0 Å². The molecule has 110 valence electrons. The highest BCUT2D eigenvalue weighted by atomic mass is 16.5. The Balaban J connectivity index is 1.92. The number of nitrogens with two attached hydrogens (primary N) is 1. The lowest BCUT2D eigenvalue weighted by Crippen LogP contribution is -2.17. The van der Waals surface area contributed by atoms with Gasteiger partial charge in [-0.3, -0.25) is 0 Å². The summed E-state index contributed by atoms with van der Waals surface area (Å²) in [5.74, 6) is 4.27. The summed E-state index contributed by atoms with van der Waals surface area (Å²) >= 11 is 0. The summed E-state index contributed by atoms with van der Waals surface area (Å²) in [6.07, 6.45) is 4.03. The van der Waals surface area contributed by atoms with Crippen LogP contribution in [-0.2, 0) is 0 Å². The highest BCUT2D eigenvalue weighted by Gasteiger charge is 2.55. The minimum Gasteiger partial charge on any atom is -0.493 e. The molecule has 1 aromatic rings. The maximum Gasteiger partial charge on any atom is 0.203 e. The number of hydrogen-bond acceptors (Lipinski definition) is 4. The molecule has 4 nitrogen and oxygen atoms in total. The Labute approximate surface area is 120 Å². The van der Waals surface area contributed by atoms with Gasteiger partial charge in [-0.2, -0.15) is 0 Å². The largest absolute Gasteiger partial charge is 0.493 e. The van der Waals surface area contributed by atoms with Crippen LogP contribution in [0.15, 0.2) is 12.1 Å². The lowest BCUT2D eigenvalue weighted by Gasteiger charge is -2.20. The second kappa shape index (κ2) is 5.17. The number of hydrogen-bond donors (Lipinski definition) is 1. The van der Waals surface area contributed by atoms with Gasteiger partial charge in [-0.1, -0.05) is 6.42 Å². The van der Waals surface area contributed by atoms with Gasteiger partial charge in [0.15, 0.2) is 11.5 Å². The molecule has 0 saturated heterocycles. The maximum atomic E-state index is 6.51. The molecule has 2 fully saturated rings. The third-order valence-corrected chi connectivity index (χ3v) is 4.98. The van der Waals surface area contributed by atoms with E-state index in [1.807, 2.05) is 12.1 Å². The van der Waals surface area contributed by atoms with Crippen molar-refractivity contribution < 1.29 is 14.2 Å². The van der Waals surface area contributed by atoms with Gasteiger partial charge in [0.25, 0.3) is 0 Å². The average Bonchev–Trinajstić information content (AvgIpc) is 2.96. The molecule has 3 atom stereocenters. The predicted molar refractivity (Wildman–Crippen MR) is 77.3 cm³/mol. The van der Waals surface area contributed by atoms with E-state index in [2.05, 4.69) is 0 Å². The van der Waals surface area contributed by atoms with E-state index in [0.717, 1.165) is 17.4 Å². The van der Waals surface area contributed by atoms with Gasteiger partial charge in [0, 0.05) is 11.6 Å².